The molecule has 0 aliphatic carbocycles. The number of hydrogen-bond donors (Lipinski definition) is 0. The van der Waals surface area contributed by atoms with E-state index in [0.29, 0.717) is 25.9 Å². The molecule has 122 valence electrons. The van der Waals surface area contributed by atoms with Crippen molar-refractivity contribution in [3.63, 3.8) is 0 Å². The summed E-state index contributed by atoms with van der Waals surface area (Å²) in [6.45, 7) is 0.859. The van der Waals surface area contributed by atoms with Crippen molar-refractivity contribution in [3.05, 3.63) is 34.6 Å². The molecule has 23 heavy (non-hydrogen) atoms. The first kappa shape index (κ1) is 16.3. The average Bonchev–Trinajstić information content (AvgIpc) is 2.86. The van der Waals surface area contributed by atoms with Crippen LogP contribution in [-0.4, -0.2) is 51.7 Å². The first-order chi connectivity index (χ1) is 11.0. The number of rotatable bonds is 2. The van der Waals surface area contributed by atoms with Crippen molar-refractivity contribution in [2.24, 2.45) is 0 Å². The van der Waals surface area contributed by atoms with E-state index < -0.39 is 5.82 Å². The third-order valence-corrected chi connectivity index (χ3v) is 5.21. The molecule has 2 aliphatic rings. The lowest BCUT2D eigenvalue weighted by atomic mass is 10.0. The van der Waals surface area contributed by atoms with Gasteiger partial charge in [0.05, 0.1) is 16.3 Å². The predicted octanol–water partition coefficient (Wildman–Crippen LogP) is 2.78. The highest BCUT2D eigenvalue weighted by atomic mass is 35.5. The van der Waals surface area contributed by atoms with Crippen molar-refractivity contribution in [1.82, 2.24) is 9.80 Å². The van der Waals surface area contributed by atoms with Gasteiger partial charge in [0, 0.05) is 19.1 Å². The smallest absolute Gasteiger partial charge is 0.289 e. The van der Waals surface area contributed by atoms with E-state index in [2.05, 4.69) is 0 Å². The fourth-order valence-electron chi connectivity index (χ4n) is 2.88. The minimum absolute atomic E-state index is 0.0819. The Kier molecular flexibility index (Phi) is 4.59. The Hall–Kier alpha value is -1.60. The normalized spacial score (nSPS) is 19.6. The maximum atomic E-state index is 13.1. The molecule has 2 aliphatic heterocycles. The zero-order valence-electron chi connectivity index (χ0n) is 12.1. The Balaban J connectivity index is 1.65. The fraction of sp³-hybridized carbons (Fsp3) is 0.400. The molecule has 2 saturated heterocycles. The molecule has 5 nitrogen and oxygen atoms in total. The van der Waals surface area contributed by atoms with Crippen LogP contribution in [0.2, 0.25) is 5.02 Å². The van der Waals surface area contributed by atoms with Gasteiger partial charge < -0.3 is 4.90 Å². The number of amides is 3. The molecule has 0 spiro atoms. The van der Waals surface area contributed by atoms with Crippen LogP contribution in [-0.2, 0) is 4.79 Å². The van der Waals surface area contributed by atoms with Crippen molar-refractivity contribution in [1.29, 1.82) is 0 Å². The number of carbonyl (C=O) groups is 3. The minimum Gasteiger partial charge on any atom is -0.338 e. The van der Waals surface area contributed by atoms with E-state index >= 15 is 0 Å². The summed E-state index contributed by atoms with van der Waals surface area (Å²) >= 11 is 6.94. The highest BCUT2D eigenvalue weighted by Crippen LogP contribution is 2.28. The summed E-state index contributed by atoms with van der Waals surface area (Å²) in [4.78, 5) is 38.9. The van der Waals surface area contributed by atoms with E-state index in [1.165, 1.54) is 17.0 Å². The summed E-state index contributed by atoms with van der Waals surface area (Å²) in [7, 11) is 0. The van der Waals surface area contributed by atoms with Crippen LogP contribution in [0, 0.1) is 5.82 Å². The van der Waals surface area contributed by atoms with Gasteiger partial charge in [-0.3, -0.25) is 19.3 Å². The highest BCUT2D eigenvalue weighted by Gasteiger charge is 2.38. The number of hydrogen-bond acceptors (Lipinski definition) is 4. The standard InChI is InChI=1S/C15H14ClFN2O3S/c16-12-7-9(17)1-2-11(12)14(21)18-5-3-10(4-6-18)19-13(20)8-23-15(19)22/h1-2,7,10H,3-6,8H2. The Morgan fingerprint density at radius 2 is 1.96 bits per heavy atom. The number of imide groups is 1. The second kappa shape index (κ2) is 6.49. The molecule has 2 heterocycles. The van der Waals surface area contributed by atoms with E-state index in [1.807, 2.05) is 0 Å². The summed E-state index contributed by atoms with van der Waals surface area (Å²) in [6.07, 6.45) is 1.09. The Morgan fingerprint density at radius 3 is 2.52 bits per heavy atom. The van der Waals surface area contributed by atoms with Gasteiger partial charge >= 0.3 is 0 Å². The van der Waals surface area contributed by atoms with Crippen LogP contribution < -0.4 is 0 Å². The third kappa shape index (κ3) is 3.21. The van der Waals surface area contributed by atoms with Gasteiger partial charge in [-0.15, -0.1) is 0 Å². The molecule has 3 rings (SSSR count). The summed E-state index contributed by atoms with van der Waals surface area (Å²) in [5.74, 6) is -0.717. The molecule has 0 atom stereocenters. The Labute approximate surface area is 141 Å². The van der Waals surface area contributed by atoms with E-state index in [9.17, 15) is 18.8 Å². The summed E-state index contributed by atoms with van der Waals surface area (Å²) in [5, 5.41) is -0.125. The molecule has 0 radical (unpaired) electrons. The summed E-state index contributed by atoms with van der Waals surface area (Å²) < 4.78 is 13.1. The molecule has 0 aromatic heterocycles. The van der Waals surface area contributed by atoms with Crippen LogP contribution in [0.15, 0.2) is 18.2 Å². The van der Waals surface area contributed by atoms with Crippen LogP contribution in [0.4, 0.5) is 9.18 Å². The zero-order chi connectivity index (χ0) is 16.6. The lowest BCUT2D eigenvalue weighted by Crippen LogP contribution is -2.48. The second-order valence-electron chi connectivity index (χ2n) is 5.47. The molecule has 8 heteroatoms. The van der Waals surface area contributed by atoms with Crippen LogP contribution in [0.5, 0.6) is 0 Å². The predicted molar refractivity (Wildman–Crippen MR) is 85.0 cm³/mol. The molecule has 1 aromatic carbocycles. The molecule has 0 bridgehead atoms. The second-order valence-corrected chi connectivity index (χ2v) is 6.80. The lowest BCUT2D eigenvalue weighted by Gasteiger charge is -2.35. The minimum atomic E-state index is -0.492. The van der Waals surface area contributed by atoms with Gasteiger partial charge in [-0.25, -0.2) is 4.39 Å². The van der Waals surface area contributed by atoms with Crippen LogP contribution in [0.1, 0.15) is 23.2 Å². The van der Waals surface area contributed by atoms with Crippen LogP contribution >= 0.6 is 23.4 Å². The van der Waals surface area contributed by atoms with Crippen LogP contribution in [0.25, 0.3) is 0 Å². The van der Waals surface area contributed by atoms with E-state index in [-0.39, 0.29) is 39.4 Å². The number of carbonyl (C=O) groups excluding carboxylic acids is 3. The molecular formula is C15H14ClFN2O3S. The van der Waals surface area contributed by atoms with Gasteiger partial charge in [-0.1, -0.05) is 23.4 Å². The van der Waals surface area contributed by atoms with Crippen molar-refractivity contribution >= 4 is 40.4 Å². The van der Waals surface area contributed by atoms with Crippen molar-refractivity contribution in [2.45, 2.75) is 18.9 Å². The van der Waals surface area contributed by atoms with Crippen molar-refractivity contribution in [2.75, 3.05) is 18.8 Å². The van der Waals surface area contributed by atoms with Gasteiger partial charge in [0.2, 0.25) is 5.91 Å². The molecular weight excluding hydrogens is 343 g/mol. The fourth-order valence-corrected chi connectivity index (χ4v) is 3.90. The highest BCUT2D eigenvalue weighted by molar-refractivity contribution is 8.14. The third-order valence-electron chi connectivity index (χ3n) is 4.06. The number of halogens is 2. The topological polar surface area (TPSA) is 57.7 Å². The molecule has 0 saturated carbocycles. The van der Waals surface area contributed by atoms with Crippen LogP contribution in [0.3, 0.4) is 0 Å². The monoisotopic (exact) mass is 356 g/mol. The molecule has 1 aromatic rings. The van der Waals surface area contributed by atoms with Gasteiger partial charge in [-0.05, 0) is 31.0 Å². The van der Waals surface area contributed by atoms with Gasteiger partial charge in [0.1, 0.15) is 5.82 Å². The number of piperidine rings is 1. The first-order valence-electron chi connectivity index (χ1n) is 7.20. The lowest BCUT2D eigenvalue weighted by molar-refractivity contribution is -0.126. The van der Waals surface area contributed by atoms with Crippen molar-refractivity contribution in [3.8, 4) is 0 Å². The van der Waals surface area contributed by atoms with E-state index in [0.717, 1.165) is 17.8 Å². The number of thioether (sulfide) groups is 1. The largest absolute Gasteiger partial charge is 0.338 e. The van der Waals surface area contributed by atoms with E-state index in [4.69, 9.17) is 11.6 Å². The number of nitrogens with zero attached hydrogens (tertiary/aromatic N) is 2. The Morgan fingerprint density at radius 1 is 1.26 bits per heavy atom. The SMILES string of the molecule is O=C(c1ccc(F)cc1Cl)N1CCC(N2C(=O)CSC2=O)CC1. The molecule has 0 unspecified atom stereocenters. The molecule has 0 N–H and O–H groups in total. The summed E-state index contributed by atoms with van der Waals surface area (Å²) in [5.41, 5.74) is 0.260. The molecule has 3 amide bonds. The zero-order valence-corrected chi connectivity index (χ0v) is 13.7. The van der Waals surface area contributed by atoms with E-state index in [1.54, 1.807) is 4.90 Å². The van der Waals surface area contributed by atoms with Gasteiger partial charge in [-0.2, -0.15) is 0 Å². The Bertz CT molecular complexity index is 661. The first-order valence-corrected chi connectivity index (χ1v) is 8.57. The maximum Gasteiger partial charge on any atom is 0.289 e. The van der Waals surface area contributed by atoms with Gasteiger partial charge in [0.15, 0.2) is 0 Å². The van der Waals surface area contributed by atoms with Gasteiger partial charge in [0.25, 0.3) is 11.1 Å². The van der Waals surface area contributed by atoms with Crippen molar-refractivity contribution < 1.29 is 18.8 Å². The maximum absolute atomic E-state index is 13.1. The number of benzene rings is 1. The quantitative estimate of drug-likeness (QED) is 0.817. The average molecular weight is 357 g/mol. The summed E-state index contributed by atoms with van der Waals surface area (Å²) in [6, 6.07) is 3.53. The number of likely N-dealkylation sites (tertiary alicyclic amines) is 1. The molecule has 2 fully saturated rings.